The van der Waals surface area contributed by atoms with E-state index < -0.39 is 10.8 Å². The van der Waals surface area contributed by atoms with Crippen molar-refractivity contribution in [1.29, 1.82) is 0 Å². The zero-order chi connectivity index (χ0) is 12.3. The summed E-state index contributed by atoms with van der Waals surface area (Å²) in [7, 11) is 0. The Morgan fingerprint density at radius 3 is 2.75 bits per heavy atom. The molecule has 0 aromatic heterocycles. The van der Waals surface area contributed by atoms with Crippen LogP contribution in [0.3, 0.4) is 0 Å². The second-order valence-electron chi connectivity index (χ2n) is 3.08. The van der Waals surface area contributed by atoms with Crippen molar-refractivity contribution in [2.75, 3.05) is 6.61 Å². The Kier molecular flexibility index (Phi) is 3.83. The summed E-state index contributed by atoms with van der Waals surface area (Å²) in [5.74, 6) is -0.622. The maximum atomic E-state index is 10.8. The molecule has 1 aromatic rings. The zero-order valence-corrected chi connectivity index (χ0v) is 9.98. The van der Waals surface area contributed by atoms with E-state index in [2.05, 4.69) is 15.9 Å². The van der Waals surface area contributed by atoms with Gasteiger partial charge in [0.05, 0.1) is 4.92 Å². The first kappa shape index (κ1) is 12.4. The largest absolute Gasteiger partial charge is 0.477 e. The van der Waals surface area contributed by atoms with Gasteiger partial charge in [-0.05, 0) is 18.6 Å². The predicted octanol–water partition coefficient (Wildman–Crippen LogP) is 1.53. The minimum Gasteiger partial charge on any atom is -0.477 e. The highest BCUT2D eigenvalue weighted by molar-refractivity contribution is 9.10. The van der Waals surface area contributed by atoms with Gasteiger partial charge in [-0.15, -0.1) is 0 Å². The molecule has 2 N–H and O–H groups in total. The Hall–Kier alpha value is -1.63. The molecule has 0 aliphatic carbocycles. The number of nitro benzene ring substituents is 1. The maximum absolute atomic E-state index is 10.8. The lowest BCUT2D eigenvalue weighted by molar-refractivity contribution is -0.385. The third kappa shape index (κ3) is 2.93. The summed E-state index contributed by atoms with van der Waals surface area (Å²) in [4.78, 5) is 20.7. The molecule has 16 heavy (non-hydrogen) atoms. The molecule has 0 bridgehead atoms. The monoisotopic (exact) mass is 288 g/mol. The van der Waals surface area contributed by atoms with Crippen molar-refractivity contribution in [2.24, 2.45) is 5.73 Å². The van der Waals surface area contributed by atoms with Crippen LogP contribution in [-0.2, 0) is 4.79 Å². The average molecular weight is 289 g/mol. The fourth-order valence-electron chi connectivity index (χ4n) is 1.18. The number of aryl methyl sites for hydroxylation is 1. The topological polar surface area (TPSA) is 95.5 Å². The summed E-state index contributed by atoms with van der Waals surface area (Å²) >= 11 is 3.14. The van der Waals surface area contributed by atoms with Crippen LogP contribution in [0.1, 0.15) is 5.56 Å². The van der Waals surface area contributed by atoms with Gasteiger partial charge < -0.3 is 10.5 Å². The van der Waals surface area contributed by atoms with Gasteiger partial charge in [0.25, 0.3) is 5.91 Å². The minimum atomic E-state index is -0.684. The lowest BCUT2D eigenvalue weighted by atomic mass is 10.2. The number of carbonyl (C=O) groups is 1. The van der Waals surface area contributed by atoms with Gasteiger partial charge >= 0.3 is 5.69 Å². The highest BCUT2D eigenvalue weighted by Crippen LogP contribution is 2.33. The van der Waals surface area contributed by atoms with E-state index in [0.717, 1.165) is 0 Å². The number of primary amides is 1. The van der Waals surface area contributed by atoms with E-state index in [1.165, 1.54) is 6.07 Å². The van der Waals surface area contributed by atoms with E-state index in [1.54, 1.807) is 13.0 Å². The average Bonchev–Trinajstić information content (AvgIpc) is 2.14. The van der Waals surface area contributed by atoms with Crippen molar-refractivity contribution >= 4 is 27.5 Å². The Balaban J connectivity index is 3.14. The third-order valence-electron chi connectivity index (χ3n) is 1.78. The second-order valence-corrected chi connectivity index (χ2v) is 4.00. The van der Waals surface area contributed by atoms with E-state index in [-0.39, 0.29) is 18.0 Å². The summed E-state index contributed by atoms with van der Waals surface area (Å²) in [6.07, 6.45) is 0. The molecule has 6 nitrogen and oxygen atoms in total. The number of nitrogens with zero attached hydrogens (tertiary/aromatic N) is 1. The number of rotatable bonds is 4. The number of hydrogen-bond donors (Lipinski definition) is 1. The normalized spacial score (nSPS) is 9.88. The quantitative estimate of drug-likeness (QED) is 0.671. The lowest BCUT2D eigenvalue weighted by Crippen LogP contribution is -2.20. The van der Waals surface area contributed by atoms with Crippen molar-refractivity contribution < 1.29 is 14.5 Å². The molecule has 0 atom stereocenters. The van der Waals surface area contributed by atoms with E-state index in [4.69, 9.17) is 10.5 Å². The lowest BCUT2D eigenvalue weighted by Gasteiger charge is -2.08. The van der Waals surface area contributed by atoms with E-state index in [9.17, 15) is 14.9 Å². The zero-order valence-electron chi connectivity index (χ0n) is 8.40. The molecular formula is C9H9BrN2O4. The number of halogens is 1. The molecule has 0 spiro atoms. The Labute approximate surface area is 99.7 Å². The molecule has 0 aliphatic heterocycles. The van der Waals surface area contributed by atoms with E-state index >= 15 is 0 Å². The number of carbonyl (C=O) groups excluding carboxylic acids is 1. The molecule has 1 amide bonds. The van der Waals surface area contributed by atoms with Gasteiger partial charge in [-0.25, -0.2) is 0 Å². The van der Waals surface area contributed by atoms with Gasteiger partial charge in [0.2, 0.25) is 5.75 Å². The highest BCUT2D eigenvalue weighted by atomic mass is 79.9. The molecule has 1 aromatic carbocycles. The standard InChI is InChI=1S/C9H9BrN2O4/c1-5-2-6(10)3-7(12(14)15)9(5)16-4-8(11)13/h2-3H,4H2,1H3,(H2,11,13). The first-order valence-electron chi connectivity index (χ1n) is 4.27. The van der Waals surface area contributed by atoms with Crippen molar-refractivity contribution in [2.45, 2.75) is 6.92 Å². The van der Waals surface area contributed by atoms with Gasteiger partial charge in [-0.1, -0.05) is 15.9 Å². The first-order chi connectivity index (χ1) is 7.41. The van der Waals surface area contributed by atoms with Crippen molar-refractivity contribution in [3.63, 3.8) is 0 Å². The second kappa shape index (κ2) is 4.93. The van der Waals surface area contributed by atoms with Gasteiger partial charge in [0.15, 0.2) is 6.61 Å². The molecule has 0 unspecified atom stereocenters. The maximum Gasteiger partial charge on any atom is 0.312 e. The summed E-state index contributed by atoms with van der Waals surface area (Å²) in [5, 5.41) is 10.8. The van der Waals surface area contributed by atoms with Crippen LogP contribution in [0.4, 0.5) is 5.69 Å². The third-order valence-corrected chi connectivity index (χ3v) is 2.23. The smallest absolute Gasteiger partial charge is 0.312 e. The summed E-state index contributed by atoms with van der Waals surface area (Å²) in [5.41, 5.74) is 5.26. The van der Waals surface area contributed by atoms with Crippen LogP contribution in [-0.4, -0.2) is 17.4 Å². The molecule has 86 valence electrons. The fraction of sp³-hybridized carbons (Fsp3) is 0.222. The Morgan fingerprint density at radius 2 is 2.25 bits per heavy atom. The van der Waals surface area contributed by atoms with Crippen molar-refractivity contribution in [3.8, 4) is 5.75 Å². The van der Waals surface area contributed by atoms with Gasteiger partial charge in [-0.2, -0.15) is 0 Å². The minimum absolute atomic E-state index is 0.0620. The molecule has 0 saturated heterocycles. The predicted molar refractivity (Wildman–Crippen MR) is 60.2 cm³/mol. The molecular weight excluding hydrogens is 280 g/mol. The molecule has 0 saturated carbocycles. The van der Waals surface area contributed by atoms with Gasteiger partial charge in [0, 0.05) is 10.5 Å². The first-order valence-corrected chi connectivity index (χ1v) is 5.06. The van der Waals surface area contributed by atoms with Crippen LogP contribution >= 0.6 is 15.9 Å². The number of hydrogen-bond acceptors (Lipinski definition) is 4. The molecule has 1 rings (SSSR count). The molecule has 7 heteroatoms. The summed E-state index contributed by atoms with van der Waals surface area (Å²) < 4.78 is 5.58. The van der Waals surface area contributed by atoms with Crippen LogP contribution in [0.15, 0.2) is 16.6 Å². The summed E-state index contributed by atoms with van der Waals surface area (Å²) in [6, 6.07) is 2.96. The number of nitro groups is 1. The molecule has 0 radical (unpaired) electrons. The molecule has 0 fully saturated rings. The van der Waals surface area contributed by atoms with E-state index in [1.807, 2.05) is 0 Å². The van der Waals surface area contributed by atoms with Crippen LogP contribution < -0.4 is 10.5 Å². The van der Waals surface area contributed by atoms with Crippen LogP contribution in [0, 0.1) is 17.0 Å². The number of nitrogens with two attached hydrogens (primary N) is 1. The fourth-order valence-corrected chi connectivity index (χ4v) is 1.74. The molecule has 0 heterocycles. The Bertz CT molecular complexity index is 447. The Morgan fingerprint density at radius 1 is 1.62 bits per heavy atom. The number of benzene rings is 1. The number of amides is 1. The molecule has 0 aliphatic rings. The van der Waals surface area contributed by atoms with Gasteiger partial charge in [0.1, 0.15) is 0 Å². The van der Waals surface area contributed by atoms with Crippen molar-refractivity contribution in [1.82, 2.24) is 0 Å². The van der Waals surface area contributed by atoms with Crippen LogP contribution in [0.25, 0.3) is 0 Å². The summed E-state index contributed by atoms with van der Waals surface area (Å²) in [6.45, 7) is 1.26. The number of ether oxygens (including phenoxy) is 1. The van der Waals surface area contributed by atoms with E-state index in [0.29, 0.717) is 10.0 Å². The van der Waals surface area contributed by atoms with Crippen molar-refractivity contribution in [3.05, 3.63) is 32.3 Å². The SMILES string of the molecule is Cc1cc(Br)cc([N+](=O)[O-])c1OCC(N)=O. The van der Waals surface area contributed by atoms with Crippen LogP contribution in [0.5, 0.6) is 5.75 Å². The van der Waals surface area contributed by atoms with Crippen LogP contribution in [0.2, 0.25) is 0 Å². The highest BCUT2D eigenvalue weighted by Gasteiger charge is 2.19. The van der Waals surface area contributed by atoms with Gasteiger partial charge in [-0.3, -0.25) is 14.9 Å².